The van der Waals surface area contributed by atoms with E-state index >= 15 is 0 Å². The topological polar surface area (TPSA) is 75.2 Å². The molecule has 2 aliphatic rings. The van der Waals surface area contributed by atoms with Gasteiger partial charge in [-0.1, -0.05) is 6.07 Å². The van der Waals surface area contributed by atoms with Crippen LogP contribution >= 0.6 is 0 Å². The van der Waals surface area contributed by atoms with E-state index < -0.39 is 0 Å². The highest BCUT2D eigenvalue weighted by Crippen LogP contribution is 2.48. The number of likely N-dealkylation sites (N-methyl/N-ethyl adjacent to an activating group) is 1. The number of benzene rings is 1. The van der Waals surface area contributed by atoms with Crippen LogP contribution in [0.2, 0.25) is 0 Å². The van der Waals surface area contributed by atoms with Gasteiger partial charge in [-0.2, -0.15) is 5.26 Å². The average molecular weight is 334 g/mol. The van der Waals surface area contributed by atoms with Crippen molar-refractivity contribution in [2.45, 2.75) is 38.3 Å². The highest BCUT2D eigenvalue weighted by Gasteiger charge is 2.41. The van der Waals surface area contributed by atoms with Crippen LogP contribution < -0.4 is 10.5 Å². The van der Waals surface area contributed by atoms with Crippen LogP contribution in [0.15, 0.2) is 18.2 Å². The third-order valence-corrected chi connectivity index (χ3v) is 5.74. The van der Waals surface area contributed by atoms with Crippen molar-refractivity contribution >= 4 is 5.82 Å². The van der Waals surface area contributed by atoms with Gasteiger partial charge >= 0.3 is 0 Å². The number of methoxy groups -OCH3 is 1. The van der Waals surface area contributed by atoms with E-state index in [0.29, 0.717) is 23.5 Å². The Morgan fingerprint density at radius 1 is 1.36 bits per heavy atom. The van der Waals surface area contributed by atoms with Gasteiger partial charge < -0.3 is 10.5 Å². The Morgan fingerprint density at radius 3 is 2.84 bits per heavy atom. The Morgan fingerprint density at radius 2 is 2.16 bits per heavy atom. The Balaban J connectivity index is 2.00. The lowest BCUT2D eigenvalue weighted by molar-refractivity contribution is 0.222. The van der Waals surface area contributed by atoms with Gasteiger partial charge in [0.2, 0.25) is 0 Å². The lowest BCUT2D eigenvalue weighted by Gasteiger charge is -2.34. The van der Waals surface area contributed by atoms with E-state index in [2.05, 4.69) is 29.1 Å². The van der Waals surface area contributed by atoms with Gasteiger partial charge in [0.15, 0.2) is 0 Å². The summed E-state index contributed by atoms with van der Waals surface area (Å²) in [4.78, 5) is 7.04. The molecule has 1 aromatic heterocycles. The molecule has 5 nitrogen and oxygen atoms in total. The number of fused-ring (bicyclic) bond motifs is 4. The molecule has 128 valence electrons. The van der Waals surface area contributed by atoms with E-state index in [0.717, 1.165) is 41.0 Å². The van der Waals surface area contributed by atoms with Crippen molar-refractivity contribution in [2.75, 3.05) is 19.9 Å². The normalized spacial score (nSPS) is 21.7. The number of rotatable bonds is 2. The summed E-state index contributed by atoms with van der Waals surface area (Å²) in [6, 6.07) is 9.19. The molecule has 1 aromatic carbocycles. The van der Waals surface area contributed by atoms with Gasteiger partial charge in [-0.3, -0.25) is 4.90 Å². The summed E-state index contributed by atoms with van der Waals surface area (Å²) in [5.74, 6) is 1.19. The molecule has 1 saturated heterocycles. The number of nitriles is 1. The lowest BCUT2D eigenvalue weighted by atomic mass is 9.86. The molecule has 0 aliphatic carbocycles. The minimum absolute atomic E-state index is 0.311. The molecule has 2 atom stereocenters. The second kappa shape index (κ2) is 5.75. The summed E-state index contributed by atoms with van der Waals surface area (Å²) in [5.41, 5.74) is 11.9. The predicted octanol–water partition coefficient (Wildman–Crippen LogP) is 3.21. The van der Waals surface area contributed by atoms with Crippen LogP contribution in [0, 0.1) is 18.3 Å². The maximum atomic E-state index is 9.76. The van der Waals surface area contributed by atoms with Gasteiger partial charge in [-0.05, 0) is 50.1 Å². The van der Waals surface area contributed by atoms with Crippen LogP contribution in [0.25, 0.3) is 11.1 Å². The van der Waals surface area contributed by atoms with Crippen molar-refractivity contribution in [1.29, 1.82) is 5.26 Å². The molecule has 4 rings (SSSR count). The fourth-order valence-electron chi connectivity index (χ4n) is 4.46. The van der Waals surface area contributed by atoms with E-state index in [1.165, 1.54) is 12.0 Å². The summed E-state index contributed by atoms with van der Waals surface area (Å²) < 4.78 is 5.38. The molecule has 0 radical (unpaired) electrons. The molecule has 3 heterocycles. The average Bonchev–Trinajstić information content (AvgIpc) is 2.84. The van der Waals surface area contributed by atoms with Gasteiger partial charge in [-0.15, -0.1) is 0 Å². The van der Waals surface area contributed by atoms with E-state index in [9.17, 15) is 5.26 Å². The SMILES string of the molecule is COc1ccc(-c2c(C#N)c(N)nc3c2[C@@H]2CC[C@H](C3)N2C)cc1C. The van der Waals surface area contributed by atoms with Crippen LogP contribution in [0.3, 0.4) is 0 Å². The molecule has 5 heteroatoms. The molecule has 0 saturated carbocycles. The second-order valence-electron chi connectivity index (χ2n) is 7.02. The first-order valence-electron chi connectivity index (χ1n) is 8.64. The molecule has 1 fully saturated rings. The lowest BCUT2D eigenvalue weighted by Crippen LogP contribution is -2.35. The van der Waals surface area contributed by atoms with Crippen LogP contribution in [0.5, 0.6) is 5.75 Å². The van der Waals surface area contributed by atoms with Gasteiger partial charge in [0.1, 0.15) is 23.2 Å². The van der Waals surface area contributed by atoms with Crippen molar-refractivity contribution in [3.8, 4) is 22.9 Å². The summed E-state index contributed by atoms with van der Waals surface area (Å²) >= 11 is 0. The highest BCUT2D eigenvalue weighted by molar-refractivity contribution is 5.80. The van der Waals surface area contributed by atoms with Gasteiger partial charge in [-0.25, -0.2) is 4.98 Å². The Hall–Kier alpha value is -2.58. The van der Waals surface area contributed by atoms with E-state index in [4.69, 9.17) is 10.5 Å². The smallest absolute Gasteiger partial charge is 0.142 e. The van der Waals surface area contributed by atoms with Crippen molar-refractivity contribution in [3.05, 3.63) is 40.6 Å². The van der Waals surface area contributed by atoms with Crippen LogP contribution in [0.4, 0.5) is 5.82 Å². The summed E-state index contributed by atoms with van der Waals surface area (Å²) in [6.45, 7) is 2.02. The number of aromatic nitrogens is 1. The summed E-state index contributed by atoms with van der Waals surface area (Å²) in [7, 11) is 3.85. The molecule has 2 aromatic rings. The second-order valence-corrected chi connectivity index (χ2v) is 7.02. The molecule has 0 amide bonds. The summed E-state index contributed by atoms with van der Waals surface area (Å²) in [6.07, 6.45) is 3.17. The summed E-state index contributed by atoms with van der Waals surface area (Å²) in [5, 5.41) is 9.76. The molecule has 0 spiro atoms. The predicted molar refractivity (Wildman–Crippen MR) is 97.3 cm³/mol. The van der Waals surface area contributed by atoms with Crippen molar-refractivity contribution in [3.63, 3.8) is 0 Å². The molecule has 2 bridgehead atoms. The van der Waals surface area contributed by atoms with Gasteiger partial charge in [0.05, 0.1) is 7.11 Å². The number of aryl methyl sites for hydroxylation is 1. The monoisotopic (exact) mass is 334 g/mol. The Labute approximate surface area is 148 Å². The number of ether oxygens (including phenoxy) is 1. The fourth-order valence-corrected chi connectivity index (χ4v) is 4.46. The van der Waals surface area contributed by atoms with Crippen LogP contribution in [-0.4, -0.2) is 30.1 Å². The number of nitrogens with two attached hydrogens (primary N) is 1. The molecule has 2 aliphatic heterocycles. The van der Waals surface area contributed by atoms with Gasteiger partial charge in [0, 0.05) is 35.3 Å². The maximum Gasteiger partial charge on any atom is 0.142 e. The number of anilines is 1. The first-order chi connectivity index (χ1) is 12.0. The Kier molecular flexibility index (Phi) is 3.66. The number of pyridine rings is 1. The molecule has 0 unspecified atom stereocenters. The minimum atomic E-state index is 0.311. The number of nitrogens with zero attached hydrogens (tertiary/aromatic N) is 3. The van der Waals surface area contributed by atoms with Gasteiger partial charge in [0.25, 0.3) is 0 Å². The highest BCUT2D eigenvalue weighted by atomic mass is 16.5. The third kappa shape index (κ3) is 2.29. The first kappa shape index (κ1) is 15.9. The van der Waals surface area contributed by atoms with E-state index in [1.807, 2.05) is 19.1 Å². The minimum Gasteiger partial charge on any atom is -0.496 e. The molecular formula is C20H22N4O. The zero-order valence-corrected chi connectivity index (χ0v) is 14.8. The number of hydrogen-bond acceptors (Lipinski definition) is 5. The quantitative estimate of drug-likeness (QED) is 0.913. The van der Waals surface area contributed by atoms with Crippen molar-refractivity contribution < 1.29 is 4.74 Å². The first-order valence-corrected chi connectivity index (χ1v) is 8.64. The largest absolute Gasteiger partial charge is 0.496 e. The number of nitrogen functional groups attached to an aromatic ring is 1. The third-order valence-electron chi connectivity index (χ3n) is 5.74. The molecular weight excluding hydrogens is 312 g/mol. The molecule has 25 heavy (non-hydrogen) atoms. The van der Waals surface area contributed by atoms with Crippen molar-refractivity contribution in [1.82, 2.24) is 9.88 Å². The van der Waals surface area contributed by atoms with Crippen molar-refractivity contribution in [2.24, 2.45) is 0 Å². The standard InChI is InChI=1S/C20H22N4O/c1-11-8-12(4-7-17(11)25-3)18-14(10-21)20(22)23-15-9-13-5-6-16(19(15)18)24(13)2/h4,7-8,13,16H,5-6,9H2,1-3H3,(H2,22,23)/t13-,16+/m1/s1. The zero-order chi connectivity index (χ0) is 17.7. The van der Waals surface area contributed by atoms with E-state index in [-0.39, 0.29) is 0 Å². The Bertz CT molecular complexity index is 900. The number of hydrogen-bond donors (Lipinski definition) is 1. The maximum absolute atomic E-state index is 9.76. The zero-order valence-electron chi connectivity index (χ0n) is 14.8. The fraction of sp³-hybridized carbons (Fsp3) is 0.400. The van der Waals surface area contributed by atoms with Crippen LogP contribution in [-0.2, 0) is 6.42 Å². The molecule has 2 N–H and O–H groups in total. The van der Waals surface area contributed by atoms with Crippen LogP contribution in [0.1, 0.15) is 41.3 Å². The van der Waals surface area contributed by atoms with E-state index in [1.54, 1.807) is 7.11 Å².